The Morgan fingerprint density at radius 2 is 2.41 bits per heavy atom. The third kappa shape index (κ3) is 3.49. The maximum absolute atomic E-state index is 10.7. The van der Waals surface area contributed by atoms with Crippen LogP contribution in [0.5, 0.6) is 0 Å². The standard InChI is InChI=1S/C12H18N2O2S/c1-14-6-5-13-10(14)2-7-17-9-12(3-4-12)8-11(15)16/h5-6H,2-4,7-9H2,1H3,(H,15,16). The van der Waals surface area contributed by atoms with E-state index < -0.39 is 5.97 Å². The third-order valence-electron chi connectivity index (χ3n) is 3.28. The van der Waals surface area contributed by atoms with Gasteiger partial charge < -0.3 is 9.67 Å². The molecule has 1 aromatic rings. The topological polar surface area (TPSA) is 55.1 Å². The number of carboxylic acids is 1. The van der Waals surface area contributed by atoms with Crippen molar-refractivity contribution in [3.8, 4) is 0 Å². The van der Waals surface area contributed by atoms with Gasteiger partial charge in [-0.2, -0.15) is 11.8 Å². The normalized spacial score (nSPS) is 17.0. The summed E-state index contributed by atoms with van der Waals surface area (Å²) in [5.74, 6) is 2.43. The lowest BCUT2D eigenvalue weighted by molar-refractivity contribution is -0.138. The van der Waals surface area contributed by atoms with Crippen molar-refractivity contribution < 1.29 is 9.90 Å². The molecule has 0 aliphatic heterocycles. The average Bonchev–Trinajstić information content (AvgIpc) is 2.88. The summed E-state index contributed by atoms with van der Waals surface area (Å²) in [6.07, 6.45) is 7.21. The van der Waals surface area contributed by atoms with E-state index in [2.05, 4.69) is 4.98 Å². The number of rotatable bonds is 7. The number of hydrogen-bond donors (Lipinski definition) is 1. The third-order valence-corrected chi connectivity index (χ3v) is 4.59. The summed E-state index contributed by atoms with van der Waals surface area (Å²) in [5.41, 5.74) is 0.109. The minimum atomic E-state index is -0.660. The molecule has 1 saturated carbocycles. The monoisotopic (exact) mass is 254 g/mol. The van der Waals surface area contributed by atoms with Crippen LogP contribution in [0.1, 0.15) is 25.1 Å². The predicted molar refractivity (Wildman–Crippen MR) is 68.2 cm³/mol. The molecule has 0 saturated heterocycles. The fourth-order valence-electron chi connectivity index (χ4n) is 1.96. The number of aryl methyl sites for hydroxylation is 2. The number of aliphatic carboxylic acids is 1. The molecule has 94 valence electrons. The van der Waals surface area contributed by atoms with E-state index >= 15 is 0 Å². The van der Waals surface area contributed by atoms with Crippen LogP contribution in [0.2, 0.25) is 0 Å². The quantitative estimate of drug-likeness (QED) is 0.756. The van der Waals surface area contributed by atoms with Crippen molar-refractivity contribution in [2.75, 3.05) is 11.5 Å². The Morgan fingerprint density at radius 3 is 2.94 bits per heavy atom. The van der Waals surface area contributed by atoms with Crippen molar-refractivity contribution in [2.45, 2.75) is 25.7 Å². The molecule has 1 N–H and O–H groups in total. The number of imidazole rings is 1. The molecule has 2 rings (SSSR count). The van der Waals surface area contributed by atoms with E-state index in [4.69, 9.17) is 5.11 Å². The molecule has 0 radical (unpaired) electrons. The fourth-order valence-corrected chi connectivity index (χ4v) is 3.25. The average molecular weight is 254 g/mol. The number of hydrogen-bond acceptors (Lipinski definition) is 3. The molecule has 0 aromatic carbocycles. The SMILES string of the molecule is Cn1ccnc1CCSCC1(CC(=O)O)CC1. The minimum absolute atomic E-state index is 0.109. The van der Waals surface area contributed by atoms with Gasteiger partial charge >= 0.3 is 5.97 Å². The van der Waals surface area contributed by atoms with Gasteiger partial charge in [0.25, 0.3) is 0 Å². The largest absolute Gasteiger partial charge is 0.481 e. The molecule has 1 aliphatic carbocycles. The second kappa shape index (κ2) is 5.12. The van der Waals surface area contributed by atoms with Crippen molar-refractivity contribution in [3.63, 3.8) is 0 Å². The van der Waals surface area contributed by atoms with Crippen molar-refractivity contribution in [1.29, 1.82) is 0 Å². The Balaban J connectivity index is 1.67. The zero-order chi connectivity index (χ0) is 12.3. The number of nitrogens with zero attached hydrogens (tertiary/aromatic N) is 2. The summed E-state index contributed by atoms with van der Waals surface area (Å²) in [6, 6.07) is 0. The Kier molecular flexibility index (Phi) is 3.76. The summed E-state index contributed by atoms with van der Waals surface area (Å²) < 4.78 is 2.03. The first-order valence-electron chi connectivity index (χ1n) is 5.87. The highest BCUT2D eigenvalue weighted by atomic mass is 32.2. The van der Waals surface area contributed by atoms with Crippen molar-refractivity contribution in [1.82, 2.24) is 9.55 Å². The molecule has 0 atom stereocenters. The first-order chi connectivity index (χ1) is 8.11. The molecule has 0 spiro atoms. The van der Waals surface area contributed by atoms with Crippen LogP contribution >= 0.6 is 11.8 Å². The van der Waals surface area contributed by atoms with E-state index in [1.165, 1.54) is 0 Å². The van der Waals surface area contributed by atoms with Gasteiger partial charge in [-0.25, -0.2) is 4.98 Å². The molecular formula is C12H18N2O2S. The number of aromatic nitrogens is 2. The van der Waals surface area contributed by atoms with Gasteiger partial charge in [-0.15, -0.1) is 0 Å². The molecule has 4 nitrogen and oxygen atoms in total. The van der Waals surface area contributed by atoms with Crippen LogP contribution in [0.3, 0.4) is 0 Å². The van der Waals surface area contributed by atoms with Crippen LogP contribution in [0, 0.1) is 5.41 Å². The van der Waals surface area contributed by atoms with E-state index in [9.17, 15) is 4.79 Å². The summed E-state index contributed by atoms with van der Waals surface area (Å²) >= 11 is 1.85. The van der Waals surface area contributed by atoms with E-state index in [-0.39, 0.29) is 5.41 Å². The van der Waals surface area contributed by atoms with Crippen LogP contribution in [0.4, 0.5) is 0 Å². The summed E-state index contributed by atoms with van der Waals surface area (Å²) in [5, 5.41) is 8.81. The van der Waals surface area contributed by atoms with E-state index in [1.807, 2.05) is 35.8 Å². The van der Waals surface area contributed by atoms with E-state index in [1.54, 1.807) is 0 Å². The highest BCUT2D eigenvalue weighted by Gasteiger charge is 2.43. The smallest absolute Gasteiger partial charge is 0.303 e. The molecule has 17 heavy (non-hydrogen) atoms. The van der Waals surface area contributed by atoms with Crippen LogP contribution in [0.15, 0.2) is 12.4 Å². The predicted octanol–water partition coefficient (Wildman–Crippen LogP) is 1.95. The molecule has 0 bridgehead atoms. The molecule has 1 aliphatic rings. The summed E-state index contributed by atoms with van der Waals surface area (Å²) in [6.45, 7) is 0. The molecule has 0 unspecified atom stereocenters. The minimum Gasteiger partial charge on any atom is -0.481 e. The summed E-state index contributed by atoms with van der Waals surface area (Å²) in [7, 11) is 2.00. The highest BCUT2D eigenvalue weighted by molar-refractivity contribution is 7.99. The fraction of sp³-hybridized carbons (Fsp3) is 0.667. The Labute approximate surface area is 105 Å². The molecular weight excluding hydrogens is 236 g/mol. The number of carboxylic acid groups (broad SMARTS) is 1. The van der Waals surface area contributed by atoms with Crippen LogP contribution < -0.4 is 0 Å². The van der Waals surface area contributed by atoms with E-state index in [0.717, 1.165) is 36.6 Å². The van der Waals surface area contributed by atoms with Crippen LogP contribution in [-0.2, 0) is 18.3 Å². The second-order valence-corrected chi connectivity index (χ2v) is 5.93. The highest BCUT2D eigenvalue weighted by Crippen LogP contribution is 2.50. The van der Waals surface area contributed by atoms with Gasteiger partial charge in [0.15, 0.2) is 0 Å². The van der Waals surface area contributed by atoms with Gasteiger partial charge in [0.1, 0.15) is 5.82 Å². The van der Waals surface area contributed by atoms with Gasteiger partial charge in [-0.3, -0.25) is 4.79 Å². The van der Waals surface area contributed by atoms with Gasteiger partial charge in [0.2, 0.25) is 0 Å². The van der Waals surface area contributed by atoms with Crippen LogP contribution in [0.25, 0.3) is 0 Å². The molecule has 0 amide bonds. The Morgan fingerprint density at radius 1 is 1.65 bits per heavy atom. The van der Waals surface area contributed by atoms with Crippen molar-refractivity contribution in [3.05, 3.63) is 18.2 Å². The van der Waals surface area contributed by atoms with Crippen molar-refractivity contribution in [2.24, 2.45) is 12.5 Å². The Bertz CT molecular complexity index is 399. The van der Waals surface area contributed by atoms with Gasteiger partial charge in [-0.1, -0.05) is 0 Å². The van der Waals surface area contributed by atoms with Crippen molar-refractivity contribution >= 4 is 17.7 Å². The maximum atomic E-state index is 10.7. The number of carbonyl (C=O) groups is 1. The van der Waals surface area contributed by atoms with Gasteiger partial charge in [0, 0.05) is 31.6 Å². The molecule has 5 heteroatoms. The van der Waals surface area contributed by atoms with Gasteiger partial charge in [0.05, 0.1) is 6.42 Å². The zero-order valence-corrected chi connectivity index (χ0v) is 10.9. The van der Waals surface area contributed by atoms with Crippen LogP contribution in [-0.4, -0.2) is 32.1 Å². The molecule has 1 heterocycles. The number of thioether (sulfide) groups is 1. The second-order valence-electron chi connectivity index (χ2n) is 4.83. The van der Waals surface area contributed by atoms with Gasteiger partial charge in [-0.05, 0) is 24.0 Å². The lowest BCUT2D eigenvalue weighted by Gasteiger charge is -2.11. The lowest BCUT2D eigenvalue weighted by atomic mass is 10.1. The zero-order valence-electron chi connectivity index (χ0n) is 10.1. The molecule has 1 fully saturated rings. The Hall–Kier alpha value is -0.970. The first kappa shape index (κ1) is 12.5. The molecule has 1 aromatic heterocycles. The van der Waals surface area contributed by atoms with E-state index in [0.29, 0.717) is 6.42 Å². The lowest BCUT2D eigenvalue weighted by Crippen LogP contribution is -2.11. The maximum Gasteiger partial charge on any atom is 0.303 e. The summed E-state index contributed by atoms with van der Waals surface area (Å²) in [4.78, 5) is 15.0. The first-order valence-corrected chi connectivity index (χ1v) is 7.03.